The molecule has 2 heterocycles. The van der Waals surface area contributed by atoms with E-state index in [-0.39, 0.29) is 5.75 Å². The summed E-state index contributed by atoms with van der Waals surface area (Å²) in [4.78, 5) is 9.07. The fraction of sp³-hybridized carbons (Fsp3) is 0.200. The molecule has 0 aliphatic heterocycles. The quantitative estimate of drug-likeness (QED) is 0.762. The molecule has 0 aliphatic rings. The number of imidazole rings is 1. The predicted octanol–water partition coefficient (Wildman–Crippen LogP) is 3.25. The number of benzene rings is 1. The minimum Gasteiger partial charge on any atom is -0.508 e. The second-order valence-electron chi connectivity index (χ2n) is 4.82. The van der Waals surface area contributed by atoms with Gasteiger partial charge in [-0.25, -0.2) is 9.97 Å². The molecular weight excluding hydrogens is 238 g/mol. The molecule has 0 amide bonds. The van der Waals surface area contributed by atoms with Crippen LogP contribution in [0.3, 0.4) is 0 Å². The molecule has 4 nitrogen and oxygen atoms in total. The van der Waals surface area contributed by atoms with E-state index in [4.69, 9.17) is 0 Å². The van der Waals surface area contributed by atoms with Crippen molar-refractivity contribution in [2.75, 3.05) is 0 Å². The zero-order valence-corrected chi connectivity index (χ0v) is 10.9. The van der Waals surface area contributed by atoms with E-state index in [9.17, 15) is 5.11 Å². The lowest BCUT2D eigenvalue weighted by Gasteiger charge is -2.10. The molecule has 0 unspecified atom stereocenters. The number of rotatable bonds is 2. The van der Waals surface area contributed by atoms with Crippen molar-refractivity contribution in [2.24, 2.45) is 0 Å². The van der Waals surface area contributed by atoms with Gasteiger partial charge in [-0.1, -0.05) is 13.8 Å². The average molecular weight is 253 g/mol. The monoisotopic (exact) mass is 253 g/mol. The summed E-state index contributed by atoms with van der Waals surface area (Å²) < 4.78 is 2.04. The van der Waals surface area contributed by atoms with Gasteiger partial charge in [-0.15, -0.1) is 0 Å². The molecule has 3 rings (SSSR count). The van der Waals surface area contributed by atoms with Crippen molar-refractivity contribution in [1.29, 1.82) is 0 Å². The van der Waals surface area contributed by atoms with Crippen molar-refractivity contribution in [3.63, 3.8) is 0 Å². The fourth-order valence-electron chi connectivity index (χ4n) is 2.17. The minimum atomic E-state index is 0.257. The number of phenols is 1. The molecule has 0 atom stereocenters. The smallest absolute Gasteiger partial charge is 0.164 e. The van der Waals surface area contributed by atoms with E-state index in [1.54, 1.807) is 18.3 Å². The van der Waals surface area contributed by atoms with Crippen LogP contribution in [0.4, 0.5) is 0 Å². The third-order valence-electron chi connectivity index (χ3n) is 3.07. The van der Waals surface area contributed by atoms with Gasteiger partial charge in [0.1, 0.15) is 17.1 Å². The van der Waals surface area contributed by atoms with Gasteiger partial charge in [0, 0.05) is 17.8 Å². The Hall–Kier alpha value is -2.36. The fourth-order valence-corrected chi connectivity index (χ4v) is 2.17. The molecule has 0 aliphatic carbocycles. The van der Waals surface area contributed by atoms with E-state index in [1.807, 2.05) is 28.8 Å². The molecule has 96 valence electrons. The van der Waals surface area contributed by atoms with Crippen LogP contribution in [0.5, 0.6) is 5.75 Å². The minimum absolute atomic E-state index is 0.257. The number of hydrogen-bond donors (Lipinski definition) is 1. The lowest BCUT2D eigenvalue weighted by atomic mass is 10.2. The van der Waals surface area contributed by atoms with Crippen molar-refractivity contribution in [3.8, 4) is 11.4 Å². The number of hydrogen-bond acceptors (Lipinski definition) is 3. The predicted molar refractivity (Wildman–Crippen MR) is 74.6 cm³/mol. The lowest BCUT2D eigenvalue weighted by molar-refractivity contribution is 0.475. The van der Waals surface area contributed by atoms with Gasteiger partial charge in [0.15, 0.2) is 5.65 Å². The van der Waals surface area contributed by atoms with Crippen LogP contribution in [0.2, 0.25) is 0 Å². The van der Waals surface area contributed by atoms with E-state index in [0.717, 1.165) is 22.7 Å². The SMILES string of the molecule is CC(C)c1nc2cccnc2n1-c1ccc(O)cc1. The van der Waals surface area contributed by atoms with Crippen molar-refractivity contribution in [2.45, 2.75) is 19.8 Å². The highest BCUT2D eigenvalue weighted by Crippen LogP contribution is 2.25. The Labute approximate surface area is 111 Å². The summed E-state index contributed by atoms with van der Waals surface area (Å²) in [6.45, 7) is 4.22. The van der Waals surface area contributed by atoms with Gasteiger partial charge in [0.05, 0.1) is 0 Å². The summed E-state index contributed by atoms with van der Waals surface area (Å²) in [5, 5.41) is 9.41. The van der Waals surface area contributed by atoms with E-state index in [0.29, 0.717) is 5.92 Å². The normalized spacial score (nSPS) is 11.3. The van der Waals surface area contributed by atoms with Gasteiger partial charge in [0.25, 0.3) is 0 Å². The second-order valence-corrected chi connectivity index (χ2v) is 4.82. The maximum absolute atomic E-state index is 9.41. The van der Waals surface area contributed by atoms with Gasteiger partial charge < -0.3 is 5.11 Å². The van der Waals surface area contributed by atoms with Crippen LogP contribution in [0.25, 0.3) is 16.9 Å². The lowest BCUT2D eigenvalue weighted by Crippen LogP contribution is -2.03. The van der Waals surface area contributed by atoms with E-state index < -0.39 is 0 Å². The molecule has 0 bridgehead atoms. The summed E-state index contributed by atoms with van der Waals surface area (Å²) in [6, 6.07) is 10.9. The van der Waals surface area contributed by atoms with Gasteiger partial charge in [-0.3, -0.25) is 4.57 Å². The Morgan fingerprint density at radius 2 is 1.84 bits per heavy atom. The summed E-state index contributed by atoms with van der Waals surface area (Å²) in [5.41, 5.74) is 2.69. The molecule has 0 saturated carbocycles. The van der Waals surface area contributed by atoms with Crippen molar-refractivity contribution < 1.29 is 5.11 Å². The van der Waals surface area contributed by atoms with Crippen LogP contribution < -0.4 is 0 Å². The molecule has 2 aromatic heterocycles. The Morgan fingerprint density at radius 3 is 2.53 bits per heavy atom. The van der Waals surface area contributed by atoms with Crippen molar-refractivity contribution >= 4 is 11.2 Å². The highest BCUT2D eigenvalue weighted by Gasteiger charge is 2.15. The number of fused-ring (bicyclic) bond motifs is 1. The molecule has 0 radical (unpaired) electrons. The summed E-state index contributed by atoms with van der Waals surface area (Å²) in [6.07, 6.45) is 1.77. The van der Waals surface area contributed by atoms with Crippen LogP contribution in [-0.2, 0) is 0 Å². The Balaban J connectivity index is 2.31. The van der Waals surface area contributed by atoms with Crippen LogP contribution in [0, 0.1) is 0 Å². The van der Waals surface area contributed by atoms with Gasteiger partial charge in [0.2, 0.25) is 0 Å². The first-order valence-electron chi connectivity index (χ1n) is 6.29. The zero-order valence-electron chi connectivity index (χ0n) is 10.9. The summed E-state index contributed by atoms with van der Waals surface area (Å²) >= 11 is 0. The van der Waals surface area contributed by atoms with Crippen LogP contribution in [0.1, 0.15) is 25.6 Å². The highest BCUT2D eigenvalue weighted by atomic mass is 16.3. The molecule has 1 aromatic carbocycles. The van der Waals surface area contributed by atoms with E-state index in [1.165, 1.54) is 0 Å². The Morgan fingerprint density at radius 1 is 1.11 bits per heavy atom. The Bertz CT molecular complexity index is 714. The first kappa shape index (κ1) is 11.7. The molecule has 1 N–H and O–H groups in total. The third kappa shape index (κ3) is 1.95. The van der Waals surface area contributed by atoms with E-state index in [2.05, 4.69) is 23.8 Å². The van der Waals surface area contributed by atoms with Crippen LogP contribution in [0.15, 0.2) is 42.6 Å². The Kier molecular flexibility index (Phi) is 2.71. The first-order chi connectivity index (χ1) is 9.16. The number of phenolic OH excluding ortho intramolecular Hbond substituents is 1. The van der Waals surface area contributed by atoms with Gasteiger partial charge >= 0.3 is 0 Å². The molecule has 4 heteroatoms. The molecule has 0 saturated heterocycles. The maximum atomic E-state index is 9.41. The molecule has 3 aromatic rings. The molecule has 0 spiro atoms. The van der Waals surface area contributed by atoms with E-state index >= 15 is 0 Å². The second kappa shape index (κ2) is 4.39. The summed E-state index contributed by atoms with van der Waals surface area (Å²) in [7, 11) is 0. The standard InChI is InChI=1S/C15H15N3O/c1-10(2)14-17-13-4-3-9-16-15(13)18(14)11-5-7-12(19)8-6-11/h3-10,19H,1-2H3. The molecule has 0 fully saturated rings. The van der Waals surface area contributed by atoms with Gasteiger partial charge in [-0.2, -0.15) is 0 Å². The van der Waals surface area contributed by atoms with Crippen LogP contribution in [-0.4, -0.2) is 19.6 Å². The van der Waals surface area contributed by atoms with Crippen LogP contribution >= 0.6 is 0 Å². The number of aromatic nitrogens is 3. The van der Waals surface area contributed by atoms with Crippen molar-refractivity contribution in [1.82, 2.24) is 14.5 Å². The number of nitrogens with zero attached hydrogens (tertiary/aromatic N) is 3. The maximum Gasteiger partial charge on any atom is 0.164 e. The number of aromatic hydroxyl groups is 1. The molecular formula is C15H15N3O. The topological polar surface area (TPSA) is 50.9 Å². The largest absolute Gasteiger partial charge is 0.508 e. The average Bonchev–Trinajstić information content (AvgIpc) is 2.79. The number of pyridine rings is 1. The summed E-state index contributed by atoms with van der Waals surface area (Å²) in [5.74, 6) is 1.52. The molecule has 19 heavy (non-hydrogen) atoms. The zero-order chi connectivity index (χ0) is 13.4. The highest BCUT2D eigenvalue weighted by molar-refractivity contribution is 5.74. The van der Waals surface area contributed by atoms with Crippen molar-refractivity contribution in [3.05, 3.63) is 48.4 Å². The third-order valence-corrected chi connectivity index (χ3v) is 3.07. The first-order valence-corrected chi connectivity index (χ1v) is 6.29. The van der Waals surface area contributed by atoms with Gasteiger partial charge in [-0.05, 0) is 36.4 Å².